The molecular weight excluding hydrogens is 426 g/mol. The van der Waals surface area contributed by atoms with Gasteiger partial charge in [-0.15, -0.1) is 11.3 Å². The van der Waals surface area contributed by atoms with Gasteiger partial charge in [0.15, 0.2) is 0 Å². The van der Waals surface area contributed by atoms with E-state index in [0.29, 0.717) is 11.4 Å². The SMILES string of the molecule is Cc1c(S(=O)(=O)N2CCCc3ccccc32)cc(-c2nc(-c3ccccc3)cs2)n1C. The molecule has 1 aliphatic heterocycles. The zero-order valence-electron chi connectivity index (χ0n) is 17.4. The first kappa shape index (κ1) is 20.0. The molecule has 7 heteroatoms. The summed E-state index contributed by atoms with van der Waals surface area (Å²) in [6, 6.07) is 19.6. The molecule has 0 unspecified atom stereocenters. The van der Waals surface area contributed by atoms with Gasteiger partial charge < -0.3 is 4.57 Å². The quantitative estimate of drug-likeness (QED) is 0.427. The average Bonchev–Trinajstić information content (AvgIpc) is 3.39. The molecule has 158 valence electrons. The lowest BCUT2D eigenvalue weighted by Gasteiger charge is -2.30. The number of rotatable bonds is 4. The molecule has 0 atom stereocenters. The van der Waals surface area contributed by atoms with Crippen molar-refractivity contribution >= 4 is 27.0 Å². The molecule has 4 aromatic rings. The predicted molar refractivity (Wildman–Crippen MR) is 126 cm³/mol. The Morgan fingerprint density at radius 1 is 1.03 bits per heavy atom. The Morgan fingerprint density at radius 3 is 2.58 bits per heavy atom. The Kier molecular flexibility index (Phi) is 4.95. The monoisotopic (exact) mass is 449 g/mol. The van der Waals surface area contributed by atoms with E-state index < -0.39 is 10.0 Å². The first-order valence-electron chi connectivity index (χ1n) is 10.2. The van der Waals surface area contributed by atoms with Gasteiger partial charge in [-0.25, -0.2) is 13.4 Å². The fraction of sp³-hybridized carbons (Fsp3) is 0.208. The number of fused-ring (bicyclic) bond motifs is 1. The first-order valence-corrected chi connectivity index (χ1v) is 12.6. The van der Waals surface area contributed by atoms with Crippen LogP contribution in [0.3, 0.4) is 0 Å². The number of aryl methyl sites for hydroxylation is 1. The van der Waals surface area contributed by atoms with Crippen molar-refractivity contribution in [3.05, 3.63) is 77.3 Å². The highest BCUT2D eigenvalue weighted by atomic mass is 32.2. The van der Waals surface area contributed by atoms with Crippen LogP contribution in [-0.4, -0.2) is 24.5 Å². The number of aromatic nitrogens is 2. The Balaban J connectivity index is 1.56. The molecular formula is C24H23N3O2S2. The standard InChI is InChI=1S/C24H23N3O2S2/c1-17-23(31(28,29)27-14-8-12-19-11-6-7-13-21(19)27)15-22(26(17)2)24-25-20(16-30-24)18-9-4-3-5-10-18/h3-7,9-11,13,15-16H,8,12,14H2,1-2H3. The molecule has 0 fully saturated rings. The van der Waals surface area contributed by atoms with E-state index in [2.05, 4.69) is 0 Å². The van der Waals surface area contributed by atoms with Crippen LogP contribution in [0.1, 0.15) is 17.7 Å². The van der Waals surface area contributed by atoms with Gasteiger partial charge in [-0.05, 0) is 37.5 Å². The lowest BCUT2D eigenvalue weighted by molar-refractivity contribution is 0.585. The van der Waals surface area contributed by atoms with E-state index in [0.717, 1.165) is 51.7 Å². The van der Waals surface area contributed by atoms with Gasteiger partial charge in [0.05, 0.1) is 17.1 Å². The van der Waals surface area contributed by atoms with Gasteiger partial charge in [0, 0.05) is 30.2 Å². The van der Waals surface area contributed by atoms with Crippen LogP contribution < -0.4 is 4.31 Å². The summed E-state index contributed by atoms with van der Waals surface area (Å²) >= 11 is 1.53. The van der Waals surface area contributed by atoms with E-state index in [-0.39, 0.29) is 0 Å². The minimum Gasteiger partial charge on any atom is -0.345 e. The van der Waals surface area contributed by atoms with E-state index >= 15 is 0 Å². The fourth-order valence-corrected chi connectivity index (χ4v) is 6.83. The Bertz CT molecular complexity index is 1350. The predicted octanol–water partition coefficient (Wildman–Crippen LogP) is 5.27. The summed E-state index contributed by atoms with van der Waals surface area (Å²) in [4.78, 5) is 5.13. The number of hydrogen-bond donors (Lipinski definition) is 0. The van der Waals surface area contributed by atoms with Crippen molar-refractivity contribution < 1.29 is 8.42 Å². The number of hydrogen-bond acceptors (Lipinski definition) is 4. The van der Waals surface area contributed by atoms with Crippen molar-refractivity contribution in [3.8, 4) is 22.0 Å². The van der Waals surface area contributed by atoms with Gasteiger partial charge in [-0.3, -0.25) is 4.31 Å². The molecule has 5 rings (SSSR count). The van der Waals surface area contributed by atoms with Crippen molar-refractivity contribution in [1.29, 1.82) is 0 Å². The topological polar surface area (TPSA) is 55.2 Å². The maximum absolute atomic E-state index is 13.7. The molecule has 31 heavy (non-hydrogen) atoms. The molecule has 2 aromatic heterocycles. The fourth-order valence-electron chi connectivity index (χ4n) is 4.14. The number of nitrogens with zero attached hydrogens (tertiary/aromatic N) is 3. The molecule has 0 bridgehead atoms. The maximum Gasteiger partial charge on any atom is 0.266 e. The van der Waals surface area contributed by atoms with Crippen LogP contribution in [0.15, 0.2) is 70.9 Å². The van der Waals surface area contributed by atoms with Crippen LogP contribution in [0.2, 0.25) is 0 Å². The summed E-state index contributed by atoms with van der Waals surface area (Å²) in [7, 11) is -1.77. The highest BCUT2D eigenvalue weighted by molar-refractivity contribution is 7.92. The Morgan fingerprint density at radius 2 is 1.77 bits per heavy atom. The Hall–Kier alpha value is -2.90. The summed E-state index contributed by atoms with van der Waals surface area (Å²) in [6.45, 7) is 2.36. The molecule has 3 heterocycles. The third-order valence-corrected chi connectivity index (χ3v) is 8.71. The van der Waals surface area contributed by atoms with Crippen molar-refractivity contribution in [2.75, 3.05) is 10.8 Å². The number of para-hydroxylation sites is 1. The average molecular weight is 450 g/mol. The highest BCUT2D eigenvalue weighted by Crippen LogP contribution is 2.36. The minimum atomic E-state index is -3.67. The van der Waals surface area contributed by atoms with Gasteiger partial charge in [0.1, 0.15) is 9.90 Å². The summed E-state index contributed by atoms with van der Waals surface area (Å²) < 4.78 is 30.9. The van der Waals surface area contributed by atoms with Crippen molar-refractivity contribution in [2.45, 2.75) is 24.7 Å². The molecule has 0 aliphatic carbocycles. The van der Waals surface area contributed by atoms with Gasteiger partial charge >= 0.3 is 0 Å². The second-order valence-electron chi connectivity index (χ2n) is 7.75. The zero-order valence-corrected chi connectivity index (χ0v) is 19.1. The number of thiazole rings is 1. The van der Waals surface area contributed by atoms with E-state index in [1.807, 2.05) is 78.5 Å². The van der Waals surface area contributed by atoms with Crippen LogP contribution in [0, 0.1) is 6.92 Å². The first-order chi connectivity index (χ1) is 15.0. The van der Waals surface area contributed by atoms with E-state index in [9.17, 15) is 8.42 Å². The van der Waals surface area contributed by atoms with Crippen molar-refractivity contribution in [2.24, 2.45) is 7.05 Å². The van der Waals surface area contributed by atoms with Gasteiger partial charge in [-0.2, -0.15) is 0 Å². The summed E-state index contributed by atoms with van der Waals surface area (Å²) in [6.07, 6.45) is 1.73. The molecule has 0 amide bonds. The van der Waals surface area contributed by atoms with E-state index in [1.54, 1.807) is 10.4 Å². The molecule has 2 aromatic carbocycles. The van der Waals surface area contributed by atoms with Crippen LogP contribution >= 0.6 is 11.3 Å². The molecule has 0 spiro atoms. The van der Waals surface area contributed by atoms with Gasteiger partial charge in [0.2, 0.25) is 0 Å². The summed E-state index contributed by atoms with van der Waals surface area (Å²) in [5.74, 6) is 0. The normalized spacial score (nSPS) is 13.9. The molecule has 0 saturated heterocycles. The second kappa shape index (κ2) is 7.66. The second-order valence-corrected chi connectivity index (χ2v) is 10.4. The number of anilines is 1. The van der Waals surface area contributed by atoms with Crippen LogP contribution in [0.5, 0.6) is 0 Å². The van der Waals surface area contributed by atoms with Crippen LogP contribution in [0.25, 0.3) is 22.0 Å². The van der Waals surface area contributed by atoms with E-state index in [1.165, 1.54) is 11.3 Å². The smallest absolute Gasteiger partial charge is 0.266 e. The van der Waals surface area contributed by atoms with Crippen molar-refractivity contribution in [3.63, 3.8) is 0 Å². The van der Waals surface area contributed by atoms with E-state index in [4.69, 9.17) is 4.98 Å². The molecule has 5 nitrogen and oxygen atoms in total. The molecule has 0 saturated carbocycles. The van der Waals surface area contributed by atoms with Gasteiger partial charge in [0.25, 0.3) is 10.0 Å². The molecule has 0 radical (unpaired) electrons. The summed E-state index contributed by atoms with van der Waals surface area (Å²) in [5, 5.41) is 2.83. The summed E-state index contributed by atoms with van der Waals surface area (Å²) in [5.41, 5.74) is 5.35. The number of benzene rings is 2. The van der Waals surface area contributed by atoms with Gasteiger partial charge in [-0.1, -0.05) is 48.5 Å². The maximum atomic E-state index is 13.7. The molecule has 1 aliphatic rings. The lowest BCUT2D eigenvalue weighted by atomic mass is 10.0. The minimum absolute atomic E-state index is 0.346. The lowest BCUT2D eigenvalue weighted by Crippen LogP contribution is -2.35. The highest BCUT2D eigenvalue weighted by Gasteiger charge is 2.32. The van der Waals surface area contributed by atoms with Crippen LogP contribution in [-0.2, 0) is 23.5 Å². The third kappa shape index (κ3) is 3.38. The number of sulfonamides is 1. The van der Waals surface area contributed by atoms with Crippen LogP contribution in [0.4, 0.5) is 5.69 Å². The largest absolute Gasteiger partial charge is 0.345 e. The Labute approximate surface area is 186 Å². The molecule has 0 N–H and O–H groups in total. The zero-order chi connectivity index (χ0) is 21.6. The van der Waals surface area contributed by atoms with Crippen molar-refractivity contribution in [1.82, 2.24) is 9.55 Å². The third-order valence-electron chi connectivity index (χ3n) is 5.92.